The zero-order valence-electron chi connectivity index (χ0n) is 12.5. The fourth-order valence-corrected chi connectivity index (χ4v) is 2.48. The lowest BCUT2D eigenvalue weighted by Crippen LogP contribution is -2.42. The van der Waals surface area contributed by atoms with Gasteiger partial charge in [0.15, 0.2) is 0 Å². The Hall–Kier alpha value is -1.17. The number of ether oxygens (including phenoxy) is 1. The van der Waals surface area contributed by atoms with Gasteiger partial charge in [-0.2, -0.15) is 0 Å². The van der Waals surface area contributed by atoms with Crippen LogP contribution in [0.15, 0.2) is 24.4 Å². The second-order valence-corrected chi connectivity index (χ2v) is 5.10. The minimum Gasteiger partial charge on any atom is -0.383 e. The van der Waals surface area contributed by atoms with E-state index in [1.54, 1.807) is 13.3 Å². The van der Waals surface area contributed by atoms with Crippen LogP contribution in [0.5, 0.6) is 0 Å². The molecule has 0 atom stereocenters. The molecule has 1 N–H and O–H groups in total. The fourth-order valence-electron chi connectivity index (χ4n) is 2.48. The van der Waals surface area contributed by atoms with Crippen molar-refractivity contribution in [2.75, 3.05) is 33.4 Å². The summed E-state index contributed by atoms with van der Waals surface area (Å²) in [4.78, 5) is 18.8. The summed E-state index contributed by atoms with van der Waals surface area (Å²) in [7, 11) is 1.66. The molecule has 0 aliphatic carbocycles. The minimum atomic E-state index is 0. The monoisotopic (exact) mass is 313 g/mol. The van der Waals surface area contributed by atoms with Crippen molar-refractivity contribution >= 4 is 18.3 Å². The maximum absolute atomic E-state index is 12.6. The maximum Gasteiger partial charge on any atom is 0.226 e. The molecule has 0 radical (unpaired) electrons. The Balaban J connectivity index is 0.00000220. The lowest BCUT2D eigenvalue weighted by atomic mass is 9.96. The Morgan fingerprint density at radius 2 is 2.19 bits per heavy atom. The number of pyridine rings is 1. The number of piperidine rings is 1. The highest BCUT2D eigenvalue weighted by molar-refractivity contribution is 5.85. The molecule has 118 valence electrons. The third kappa shape index (κ3) is 5.61. The van der Waals surface area contributed by atoms with E-state index in [0.717, 1.165) is 31.6 Å². The third-order valence-electron chi connectivity index (χ3n) is 3.64. The van der Waals surface area contributed by atoms with Gasteiger partial charge in [-0.25, -0.2) is 0 Å². The molecular weight excluding hydrogens is 290 g/mol. The van der Waals surface area contributed by atoms with Gasteiger partial charge in [0, 0.05) is 25.8 Å². The molecular formula is C15H24ClN3O2. The number of rotatable bonds is 6. The summed E-state index contributed by atoms with van der Waals surface area (Å²) in [6, 6.07) is 5.79. The Kier molecular flexibility index (Phi) is 8.27. The van der Waals surface area contributed by atoms with E-state index >= 15 is 0 Å². The van der Waals surface area contributed by atoms with Crippen LogP contribution in [0, 0.1) is 5.92 Å². The van der Waals surface area contributed by atoms with Crippen LogP contribution in [-0.4, -0.2) is 49.1 Å². The first-order valence-corrected chi connectivity index (χ1v) is 7.19. The quantitative estimate of drug-likeness (QED) is 0.864. The Morgan fingerprint density at radius 1 is 1.43 bits per heavy atom. The molecule has 1 amide bonds. The van der Waals surface area contributed by atoms with Gasteiger partial charge in [0.1, 0.15) is 0 Å². The van der Waals surface area contributed by atoms with Crippen LogP contribution in [-0.2, 0) is 16.1 Å². The number of aromatic nitrogens is 1. The third-order valence-corrected chi connectivity index (χ3v) is 3.64. The van der Waals surface area contributed by atoms with E-state index in [0.29, 0.717) is 19.7 Å². The first-order valence-electron chi connectivity index (χ1n) is 7.19. The first kappa shape index (κ1) is 17.9. The van der Waals surface area contributed by atoms with Crippen molar-refractivity contribution in [3.05, 3.63) is 30.1 Å². The average molecular weight is 314 g/mol. The smallest absolute Gasteiger partial charge is 0.226 e. The number of carbonyl (C=O) groups excluding carboxylic acids is 1. The van der Waals surface area contributed by atoms with Gasteiger partial charge in [0.2, 0.25) is 5.91 Å². The van der Waals surface area contributed by atoms with Crippen molar-refractivity contribution in [2.45, 2.75) is 19.4 Å². The Bertz CT molecular complexity index is 411. The highest BCUT2D eigenvalue weighted by Gasteiger charge is 2.25. The molecule has 6 heteroatoms. The molecule has 1 aliphatic heterocycles. The zero-order valence-corrected chi connectivity index (χ0v) is 13.3. The van der Waals surface area contributed by atoms with E-state index in [1.165, 1.54) is 0 Å². The molecule has 0 spiro atoms. The van der Waals surface area contributed by atoms with Crippen LogP contribution < -0.4 is 5.32 Å². The molecule has 1 fully saturated rings. The normalized spacial score (nSPS) is 15.3. The van der Waals surface area contributed by atoms with Gasteiger partial charge in [-0.15, -0.1) is 12.4 Å². The van der Waals surface area contributed by atoms with Crippen LogP contribution in [0.4, 0.5) is 0 Å². The summed E-state index contributed by atoms with van der Waals surface area (Å²) in [5.41, 5.74) is 0.922. The highest BCUT2D eigenvalue weighted by atomic mass is 35.5. The summed E-state index contributed by atoms with van der Waals surface area (Å²) in [6.45, 7) is 3.60. The van der Waals surface area contributed by atoms with Crippen LogP contribution in [0.3, 0.4) is 0 Å². The number of nitrogens with one attached hydrogen (secondary N) is 1. The summed E-state index contributed by atoms with van der Waals surface area (Å²) < 4.78 is 5.12. The summed E-state index contributed by atoms with van der Waals surface area (Å²) in [5, 5.41) is 3.29. The van der Waals surface area contributed by atoms with E-state index < -0.39 is 0 Å². The number of halogens is 1. The molecule has 5 nitrogen and oxygen atoms in total. The zero-order chi connectivity index (χ0) is 14.2. The standard InChI is InChI=1S/C15H23N3O2.ClH/c1-20-11-10-18(12-14-4-2-3-7-17-14)15(19)13-5-8-16-9-6-13;/h2-4,7,13,16H,5-6,8-12H2,1H3;1H. The predicted molar refractivity (Wildman–Crippen MR) is 84.4 cm³/mol. The number of hydrogen-bond acceptors (Lipinski definition) is 4. The van der Waals surface area contributed by atoms with Crippen molar-refractivity contribution in [1.82, 2.24) is 15.2 Å². The van der Waals surface area contributed by atoms with Crippen molar-refractivity contribution < 1.29 is 9.53 Å². The number of nitrogens with zero attached hydrogens (tertiary/aromatic N) is 2. The summed E-state index contributed by atoms with van der Waals surface area (Å²) >= 11 is 0. The van der Waals surface area contributed by atoms with Gasteiger partial charge in [-0.3, -0.25) is 9.78 Å². The van der Waals surface area contributed by atoms with Crippen LogP contribution in [0.1, 0.15) is 18.5 Å². The summed E-state index contributed by atoms with van der Waals surface area (Å²) in [5.74, 6) is 0.367. The van der Waals surface area contributed by atoms with Gasteiger partial charge in [-0.05, 0) is 38.1 Å². The number of carbonyl (C=O) groups is 1. The number of hydrogen-bond donors (Lipinski definition) is 1. The molecule has 1 aromatic heterocycles. The van der Waals surface area contributed by atoms with Crippen molar-refractivity contribution in [1.29, 1.82) is 0 Å². The van der Waals surface area contributed by atoms with Gasteiger partial charge in [0.05, 0.1) is 18.8 Å². The van der Waals surface area contributed by atoms with Gasteiger partial charge in [0.25, 0.3) is 0 Å². The largest absolute Gasteiger partial charge is 0.383 e. The lowest BCUT2D eigenvalue weighted by molar-refractivity contribution is -0.137. The number of methoxy groups -OCH3 is 1. The molecule has 21 heavy (non-hydrogen) atoms. The van der Waals surface area contributed by atoms with Crippen molar-refractivity contribution in [2.24, 2.45) is 5.92 Å². The van der Waals surface area contributed by atoms with Crippen LogP contribution >= 0.6 is 12.4 Å². The molecule has 0 saturated carbocycles. The highest BCUT2D eigenvalue weighted by Crippen LogP contribution is 2.16. The van der Waals surface area contributed by atoms with E-state index in [2.05, 4.69) is 10.3 Å². The Morgan fingerprint density at radius 3 is 2.81 bits per heavy atom. The first-order chi connectivity index (χ1) is 9.81. The van der Waals surface area contributed by atoms with E-state index in [-0.39, 0.29) is 24.2 Å². The predicted octanol–water partition coefficient (Wildman–Crippen LogP) is 1.48. The number of amides is 1. The summed E-state index contributed by atoms with van der Waals surface area (Å²) in [6.07, 6.45) is 3.61. The van der Waals surface area contributed by atoms with Crippen molar-refractivity contribution in [3.8, 4) is 0 Å². The maximum atomic E-state index is 12.6. The Labute approximate surface area is 132 Å². The second kappa shape index (κ2) is 9.71. The average Bonchev–Trinajstić information content (AvgIpc) is 2.52. The fraction of sp³-hybridized carbons (Fsp3) is 0.600. The molecule has 1 aromatic rings. The van der Waals surface area contributed by atoms with E-state index in [9.17, 15) is 4.79 Å². The molecule has 0 aromatic carbocycles. The molecule has 1 saturated heterocycles. The molecule has 0 bridgehead atoms. The minimum absolute atomic E-state index is 0. The van der Waals surface area contributed by atoms with Gasteiger partial charge in [-0.1, -0.05) is 6.07 Å². The topological polar surface area (TPSA) is 54.5 Å². The molecule has 2 heterocycles. The van der Waals surface area contributed by atoms with Crippen LogP contribution in [0.25, 0.3) is 0 Å². The molecule has 0 unspecified atom stereocenters. The van der Waals surface area contributed by atoms with Gasteiger partial charge >= 0.3 is 0 Å². The second-order valence-electron chi connectivity index (χ2n) is 5.10. The molecule has 2 rings (SSSR count). The molecule has 1 aliphatic rings. The van der Waals surface area contributed by atoms with E-state index in [4.69, 9.17) is 4.74 Å². The lowest BCUT2D eigenvalue weighted by Gasteiger charge is -2.29. The van der Waals surface area contributed by atoms with Crippen molar-refractivity contribution in [3.63, 3.8) is 0 Å². The SMILES string of the molecule is COCCN(Cc1ccccn1)C(=O)C1CCNCC1.Cl. The van der Waals surface area contributed by atoms with Crippen LogP contribution in [0.2, 0.25) is 0 Å². The van der Waals surface area contributed by atoms with E-state index in [1.807, 2.05) is 23.1 Å². The van der Waals surface area contributed by atoms with Gasteiger partial charge < -0.3 is 15.0 Å².